The van der Waals surface area contributed by atoms with E-state index >= 15 is 0 Å². The number of nitrogens with zero attached hydrogens (tertiary/aromatic N) is 1. The van der Waals surface area contributed by atoms with E-state index in [9.17, 15) is 13.2 Å². The minimum absolute atomic E-state index is 0.0604. The molecule has 0 bridgehead atoms. The lowest BCUT2D eigenvalue weighted by Crippen LogP contribution is -2.48. The van der Waals surface area contributed by atoms with Crippen LogP contribution in [0.15, 0.2) is 0 Å². The molecule has 2 aliphatic rings. The Morgan fingerprint density at radius 2 is 2.14 bits per heavy atom. The van der Waals surface area contributed by atoms with Gasteiger partial charge in [0.15, 0.2) is 9.84 Å². The molecular formula is C14H27N3O3S. The number of carbonyl (C=O) groups is 1. The van der Waals surface area contributed by atoms with Crippen molar-refractivity contribution in [1.82, 2.24) is 15.5 Å². The van der Waals surface area contributed by atoms with E-state index in [1.165, 1.54) is 19.3 Å². The standard InChI is InChI=1S/C14H27N3O3S/c1-2-17(9-12-5-3-4-7-15-12)10-14(18)16-13-6-8-21(19,20)11-13/h12-13,15H,2-11H2,1H3,(H,16,18). The number of rotatable bonds is 6. The quantitative estimate of drug-likeness (QED) is 0.706. The molecule has 0 spiro atoms. The SMILES string of the molecule is CCN(CC(=O)NC1CCS(=O)(=O)C1)CC1CCCCN1. The van der Waals surface area contributed by atoms with Crippen LogP contribution in [0, 0.1) is 0 Å². The third-order valence-electron chi connectivity index (χ3n) is 4.30. The monoisotopic (exact) mass is 317 g/mol. The summed E-state index contributed by atoms with van der Waals surface area (Å²) in [5, 5.41) is 6.34. The molecule has 0 aromatic rings. The first-order valence-electron chi connectivity index (χ1n) is 7.94. The lowest BCUT2D eigenvalue weighted by molar-refractivity contribution is -0.122. The first kappa shape index (κ1) is 16.7. The van der Waals surface area contributed by atoms with Gasteiger partial charge in [0.1, 0.15) is 0 Å². The molecule has 21 heavy (non-hydrogen) atoms. The zero-order valence-corrected chi connectivity index (χ0v) is 13.6. The van der Waals surface area contributed by atoms with Gasteiger partial charge >= 0.3 is 0 Å². The molecule has 1 amide bonds. The number of sulfone groups is 1. The second-order valence-corrected chi connectivity index (χ2v) is 8.37. The molecule has 0 aliphatic carbocycles. The van der Waals surface area contributed by atoms with Gasteiger partial charge in [0.2, 0.25) is 5.91 Å². The summed E-state index contributed by atoms with van der Waals surface area (Å²) < 4.78 is 22.8. The Morgan fingerprint density at radius 1 is 1.33 bits per heavy atom. The minimum atomic E-state index is -2.94. The Labute approximate surface area is 127 Å². The van der Waals surface area contributed by atoms with Crippen LogP contribution in [0.2, 0.25) is 0 Å². The van der Waals surface area contributed by atoms with Crippen LogP contribution < -0.4 is 10.6 Å². The van der Waals surface area contributed by atoms with E-state index in [0.29, 0.717) is 19.0 Å². The second kappa shape index (κ2) is 7.56. The Kier molecular flexibility index (Phi) is 6.01. The molecule has 0 saturated carbocycles. The third kappa shape index (κ3) is 5.56. The van der Waals surface area contributed by atoms with Gasteiger partial charge in [-0.2, -0.15) is 0 Å². The predicted molar refractivity (Wildman–Crippen MR) is 83.0 cm³/mol. The Balaban J connectivity index is 1.74. The molecule has 0 aromatic carbocycles. The number of carbonyl (C=O) groups excluding carboxylic acids is 1. The highest BCUT2D eigenvalue weighted by Crippen LogP contribution is 2.11. The molecule has 2 fully saturated rings. The topological polar surface area (TPSA) is 78.5 Å². The summed E-state index contributed by atoms with van der Waals surface area (Å²) in [4.78, 5) is 14.2. The summed E-state index contributed by atoms with van der Waals surface area (Å²) >= 11 is 0. The number of hydrogen-bond acceptors (Lipinski definition) is 5. The van der Waals surface area contributed by atoms with E-state index in [-0.39, 0.29) is 23.5 Å². The van der Waals surface area contributed by atoms with Crippen LogP contribution in [0.4, 0.5) is 0 Å². The van der Waals surface area contributed by atoms with Crippen molar-refractivity contribution in [2.75, 3.05) is 37.7 Å². The van der Waals surface area contributed by atoms with Crippen LogP contribution in [0.5, 0.6) is 0 Å². The van der Waals surface area contributed by atoms with Crippen LogP contribution in [0.1, 0.15) is 32.6 Å². The van der Waals surface area contributed by atoms with Gasteiger partial charge < -0.3 is 10.6 Å². The summed E-state index contributed by atoms with van der Waals surface area (Å²) in [6.45, 7) is 5.18. The van der Waals surface area contributed by atoms with E-state index in [2.05, 4.69) is 22.5 Å². The molecule has 6 nitrogen and oxygen atoms in total. The fourth-order valence-corrected chi connectivity index (χ4v) is 4.76. The molecule has 2 atom stereocenters. The van der Waals surface area contributed by atoms with E-state index in [0.717, 1.165) is 19.6 Å². The summed E-state index contributed by atoms with van der Waals surface area (Å²) in [7, 11) is -2.94. The molecular weight excluding hydrogens is 290 g/mol. The molecule has 2 N–H and O–H groups in total. The normalized spacial score (nSPS) is 28.7. The van der Waals surface area contributed by atoms with E-state index < -0.39 is 9.84 Å². The van der Waals surface area contributed by atoms with Crippen molar-refractivity contribution in [3.63, 3.8) is 0 Å². The van der Waals surface area contributed by atoms with Crippen molar-refractivity contribution in [3.05, 3.63) is 0 Å². The summed E-state index contributed by atoms with van der Waals surface area (Å²) in [6.07, 6.45) is 4.20. The maximum atomic E-state index is 12.1. The first-order valence-corrected chi connectivity index (χ1v) is 9.76. The highest BCUT2D eigenvalue weighted by Gasteiger charge is 2.29. The average Bonchev–Trinajstić information content (AvgIpc) is 2.78. The molecule has 2 saturated heterocycles. The maximum absolute atomic E-state index is 12.1. The van der Waals surface area contributed by atoms with Gasteiger partial charge in [0.25, 0.3) is 0 Å². The van der Waals surface area contributed by atoms with Crippen LogP contribution in [-0.2, 0) is 14.6 Å². The number of nitrogens with one attached hydrogen (secondary N) is 2. The van der Waals surface area contributed by atoms with Gasteiger partial charge in [-0.3, -0.25) is 9.69 Å². The van der Waals surface area contributed by atoms with Crippen molar-refractivity contribution in [3.8, 4) is 0 Å². The number of likely N-dealkylation sites (N-methyl/N-ethyl adjacent to an activating group) is 1. The molecule has 0 aromatic heterocycles. The Hall–Kier alpha value is -0.660. The lowest BCUT2D eigenvalue weighted by Gasteiger charge is -2.29. The Bertz CT molecular complexity index is 446. The van der Waals surface area contributed by atoms with Crippen molar-refractivity contribution in [2.45, 2.75) is 44.7 Å². The van der Waals surface area contributed by atoms with Gasteiger partial charge in [0, 0.05) is 18.6 Å². The van der Waals surface area contributed by atoms with Crippen LogP contribution >= 0.6 is 0 Å². The average molecular weight is 317 g/mol. The van der Waals surface area contributed by atoms with Gasteiger partial charge in [-0.1, -0.05) is 13.3 Å². The number of amides is 1. The Morgan fingerprint density at radius 3 is 2.71 bits per heavy atom. The van der Waals surface area contributed by atoms with Crippen LogP contribution in [0.3, 0.4) is 0 Å². The summed E-state index contributed by atoms with van der Waals surface area (Å²) in [5.41, 5.74) is 0. The number of piperidine rings is 1. The van der Waals surface area contributed by atoms with E-state index in [1.54, 1.807) is 0 Å². The van der Waals surface area contributed by atoms with Crippen molar-refractivity contribution < 1.29 is 13.2 Å². The minimum Gasteiger partial charge on any atom is -0.351 e. The third-order valence-corrected chi connectivity index (χ3v) is 6.07. The van der Waals surface area contributed by atoms with Crippen molar-refractivity contribution in [1.29, 1.82) is 0 Å². The van der Waals surface area contributed by atoms with Crippen molar-refractivity contribution in [2.24, 2.45) is 0 Å². The highest BCUT2D eigenvalue weighted by molar-refractivity contribution is 7.91. The van der Waals surface area contributed by atoms with E-state index in [1.807, 2.05) is 0 Å². The smallest absolute Gasteiger partial charge is 0.234 e. The van der Waals surface area contributed by atoms with Gasteiger partial charge in [-0.25, -0.2) is 8.42 Å². The highest BCUT2D eigenvalue weighted by atomic mass is 32.2. The number of hydrogen-bond donors (Lipinski definition) is 2. The fraction of sp³-hybridized carbons (Fsp3) is 0.929. The second-order valence-electron chi connectivity index (χ2n) is 6.14. The zero-order valence-electron chi connectivity index (χ0n) is 12.8. The van der Waals surface area contributed by atoms with Crippen LogP contribution in [0.25, 0.3) is 0 Å². The van der Waals surface area contributed by atoms with Gasteiger partial charge in [0.05, 0.1) is 18.1 Å². The first-order chi connectivity index (χ1) is 9.98. The van der Waals surface area contributed by atoms with Crippen LogP contribution in [-0.4, -0.2) is 69.0 Å². The summed E-state index contributed by atoms with van der Waals surface area (Å²) in [6, 6.07) is 0.271. The van der Waals surface area contributed by atoms with Crippen molar-refractivity contribution >= 4 is 15.7 Å². The molecule has 2 unspecified atom stereocenters. The zero-order chi connectivity index (χ0) is 15.3. The summed E-state index contributed by atoms with van der Waals surface area (Å²) in [5.74, 6) is 0.228. The van der Waals surface area contributed by atoms with Gasteiger partial charge in [-0.05, 0) is 32.4 Å². The molecule has 2 rings (SSSR count). The lowest BCUT2D eigenvalue weighted by atomic mass is 10.0. The molecule has 7 heteroatoms. The fourth-order valence-electron chi connectivity index (χ4n) is 3.08. The van der Waals surface area contributed by atoms with E-state index in [4.69, 9.17) is 0 Å². The predicted octanol–water partition coefficient (Wildman–Crippen LogP) is -0.246. The maximum Gasteiger partial charge on any atom is 0.234 e. The van der Waals surface area contributed by atoms with Gasteiger partial charge in [-0.15, -0.1) is 0 Å². The molecule has 2 aliphatic heterocycles. The molecule has 122 valence electrons. The largest absolute Gasteiger partial charge is 0.351 e. The molecule has 2 heterocycles. The molecule has 0 radical (unpaired) electrons.